The Morgan fingerprint density at radius 2 is 1.62 bits per heavy atom. The molecular formula is C48H54B3BrF2N9O4P. The van der Waals surface area contributed by atoms with Crippen molar-refractivity contribution in [3.8, 4) is 5.75 Å². The molecule has 0 saturated carbocycles. The van der Waals surface area contributed by atoms with Crippen molar-refractivity contribution >= 4 is 103 Å². The van der Waals surface area contributed by atoms with Crippen LogP contribution < -0.4 is 30.9 Å². The smallest absolute Gasteiger partial charge is 0.229 e. The number of amides is 2. The lowest BCUT2D eigenvalue weighted by molar-refractivity contribution is -0.136. The largest absolute Gasteiger partial charge is 0.492 e. The summed E-state index contributed by atoms with van der Waals surface area (Å²) in [6.07, 6.45) is 4.25. The zero-order chi connectivity index (χ0) is 48.7. The number of carbonyl (C=O) groups is 2. The first-order valence-electron chi connectivity index (χ1n) is 23.0. The van der Waals surface area contributed by atoms with Crippen molar-refractivity contribution in [1.29, 1.82) is 0 Å². The number of nitrogens with one attached hydrogen (secondary N) is 3. The van der Waals surface area contributed by atoms with Gasteiger partial charge in [0.1, 0.15) is 30.3 Å². The maximum atomic E-state index is 15.5. The molecule has 5 aromatic rings. The number of fused-ring (bicyclic) bond motifs is 1. The number of anilines is 5. The summed E-state index contributed by atoms with van der Waals surface area (Å²) in [5, 5.41) is 6.04. The van der Waals surface area contributed by atoms with Crippen LogP contribution in [0, 0.1) is 18.6 Å². The van der Waals surface area contributed by atoms with Gasteiger partial charge in [-0.05, 0) is 128 Å². The fraction of sp³-hybridized carbons (Fsp3) is 0.438. The van der Waals surface area contributed by atoms with E-state index in [-0.39, 0.29) is 0 Å². The number of halogens is 3. The van der Waals surface area contributed by atoms with E-state index in [9.17, 15) is 14.2 Å². The molecule has 3 N–H and O–H groups in total. The summed E-state index contributed by atoms with van der Waals surface area (Å²) in [6.45, 7) is 15.9. The van der Waals surface area contributed by atoms with E-state index in [4.69, 9.17) is 33.3 Å². The fourth-order valence-electron chi connectivity index (χ4n) is 9.76. The Hall–Kier alpha value is -4.83. The Labute approximate surface area is 409 Å². The summed E-state index contributed by atoms with van der Waals surface area (Å²) in [5.41, 5.74) is 5.20. The van der Waals surface area contributed by atoms with Crippen LogP contribution in [0.3, 0.4) is 0 Å². The van der Waals surface area contributed by atoms with Gasteiger partial charge in [-0.15, -0.1) is 0 Å². The van der Waals surface area contributed by atoms with Gasteiger partial charge >= 0.3 is 0 Å². The van der Waals surface area contributed by atoms with Crippen LogP contribution in [-0.4, -0.2) is 132 Å². The van der Waals surface area contributed by atoms with Gasteiger partial charge in [0, 0.05) is 97.1 Å². The van der Waals surface area contributed by atoms with Crippen molar-refractivity contribution < 1.29 is 27.7 Å². The van der Waals surface area contributed by atoms with Gasteiger partial charge < -0.3 is 29.7 Å². The molecule has 0 aliphatic carbocycles. The number of rotatable bonds is 14. The van der Waals surface area contributed by atoms with Gasteiger partial charge in [-0.3, -0.25) is 24.8 Å². The number of aromatic nitrogens is 3. The zero-order valence-corrected chi connectivity index (χ0v) is 41.6. The van der Waals surface area contributed by atoms with E-state index < -0.39 is 53.1 Å². The van der Waals surface area contributed by atoms with Crippen LogP contribution in [0.25, 0.3) is 10.9 Å². The van der Waals surface area contributed by atoms with Crippen molar-refractivity contribution in [2.45, 2.75) is 69.4 Å². The predicted octanol–water partition coefficient (Wildman–Crippen LogP) is 6.76. The SMILES string of the molecule is [B]C1([B])CC([B])(c2c(F)cc(CCN3CCN(C4CCN(c5cc(OCC)c(Nc6ncc(Br)c(Nc7ccc8nc(C)ccc8c7P(C)(C)=O)n6)cc5CC)CC4)CC3)cc2F)C(=O)NC1=O. The van der Waals surface area contributed by atoms with E-state index in [0.717, 1.165) is 86.5 Å². The van der Waals surface area contributed by atoms with E-state index in [2.05, 4.69) is 70.3 Å². The normalized spacial score (nSPS) is 19.6. The molecule has 13 nitrogen and oxygen atoms in total. The highest BCUT2D eigenvalue weighted by Gasteiger charge is 2.50. The minimum absolute atomic E-state index is 0.369. The molecule has 3 fully saturated rings. The summed E-state index contributed by atoms with van der Waals surface area (Å²) >= 11 is 3.62. The molecule has 3 aromatic carbocycles. The van der Waals surface area contributed by atoms with Gasteiger partial charge in [-0.1, -0.05) is 13.0 Å². The van der Waals surface area contributed by atoms with Gasteiger partial charge in [0.2, 0.25) is 17.8 Å². The van der Waals surface area contributed by atoms with Crippen molar-refractivity contribution in [2.75, 3.05) is 81.3 Å². The minimum atomic E-state index is -2.75. The van der Waals surface area contributed by atoms with Crippen molar-refractivity contribution in [1.82, 2.24) is 30.1 Å². The summed E-state index contributed by atoms with van der Waals surface area (Å²) in [7, 11) is 15.0. The molecule has 3 saturated heterocycles. The van der Waals surface area contributed by atoms with Crippen LogP contribution in [0.5, 0.6) is 5.75 Å². The molecule has 5 heterocycles. The van der Waals surface area contributed by atoms with Crippen LogP contribution in [0.1, 0.15) is 55.5 Å². The lowest BCUT2D eigenvalue weighted by atomic mass is 9.42. The summed E-state index contributed by atoms with van der Waals surface area (Å²) < 4.78 is 51.5. The number of hydrogen-bond donors (Lipinski definition) is 3. The lowest BCUT2D eigenvalue weighted by Crippen LogP contribution is -2.59. The van der Waals surface area contributed by atoms with Gasteiger partial charge in [0.15, 0.2) is 0 Å². The molecule has 8 rings (SSSR count). The monoisotopic (exact) mass is 1000 g/mol. The van der Waals surface area contributed by atoms with Crippen molar-refractivity contribution in [3.63, 3.8) is 0 Å². The second-order valence-corrected chi connectivity index (χ2v) is 22.5. The number of imide groups is 1. The van der Waals surface area contributed by atoms with Gasteiger partial charge in [0.25, 0.3) is 0 Å². The topological polar surface area (TPSA) is 145 Å². The van der Waals surface area contributed by atoms with Crippen LogP contribution in [0.4, 0.5) is 37.6 Å². The van der Waals surface area contributed by atoms with Crippen LogP contribution in [0.2, 0.25) is 5.21 Å². The maximum Gasteiger partial charge on any atom is 0.229 e. The zero-order valence-electron chi connectivity index (χ0n) is 39.1. The first kappa shape index (κ1) is 49.6. The predicted molar refractivity (Wildman–Crippen MR) is 272 cm³/mol. The first-order valence-corrected chi connectivity index (χ1v) is 26.4. The number of piperazine rings is 1. The molecule has 0 spiro atoms. The molecule has 1 unspecified atom stereocenters. The number of piperidine rings is 2. The Morgan fingerprint density at radius 3 is 2.28 bits per heavy atom. The highest BCUT2D eigenvalue weighted by atomic mass is 79.9. The van der Waals surface area contributed by atoms with E-state index in [1.165, 1.54) is 17.7 Å². The van der Waals surface area contributed by atoms with E-state index in [0.29, 0.717) is 64.2 Å². The van der Waals surface area contributed by atoms with Gasteiger partial charge in [0.05, 0.1) is 51.5 Å². The molecule has 0 bridgehead atoms. The van der Waals surface area contributed by atoms with Crippen LogP contribution in [-0.2, 0) is 32.3 Å². The number of benzene rings is 3. The molecule has 1 atom stereocenters. The molecular weight excluding hydrogens is 948 g/mol. The third kappa shape index (κ3) is 10.4. The second-order valence-electron chi connectivity index (χ2n) is 18.5. The number of pyridine rings is 1. The molecule has 3 aliphatic heterocycles. The lowest BCUT2D eigenvalue weighted by Gasteiger charge is -2.43. The van der Waals surface area contributed by atoms with E-state index in [1.807, 2.05) is 43.4 Å². The Balaban J connectivity index is 0.882. The standard InChI is InChI=1S/C48H54B3BrF2N9O4P/c1-6-30-24-38(58-46-55-26-33(52)43(59-46)57-37-11-10-36-32(9-8-28(3)56-36)42(37)68(4,5)66)40(67-7-2)25-39(30)63-16-13-31(14-17-63)62-20-18-61(19-21-62)15-12-29-22-34(53)41(35(54)23-29)47(49)27-48(50,51)45(65)60-44(47)64/h8-11,22-26,31H,6-7,12-21,27H2,1-5H3,(H,60,64,65)(H2,55,57,58,59). The average molecular weight is 1000 g/mol. The highest BCUT2D eigenvalue weighted by Crippen LogP contribution is 2.44. The number of ether oxygens (including phenoxy) is 1. The third-order valence-electron chi connectivity index (χ3n) is 13.2. The Kier molecular flexibility index (Phi) is 14.5. The summed E-state index contributed by atoms with van der Waals surface area (Å²) in [4.78, 5) is 46.1. The fourth-order valence-corrected chi connectivity index (χ4v) is 11.5. The molecule has 68 heavy (non-hydrogen) atoms. The average Bonchev–Trinajstić information content (AvgIpc) is 3.28. The summed E-state index contributed by atoms with van der Waals surface area (Å²) in [6, 6.07) is 14.8. The highest BCUT2D eigenvalue weighted by molar-refractivity contribution is 9.10. The van der Waals surface area contributed by atoms with Gasteiger partial charge in [-0.2, -0.15) is 4.98 Å². The third-order valence-corrected chi connectivity index (χ3v) is 15.4. The Bertz CT molecular complexity index is 2780. The molecule has 20 heteroatoms. The second kappa shape index (κ2) is 19.9. The maximum absolute atomic E-state index is 15.5. The van der Waals surface area contributed by atoms with E-state index >= 15 is 8.78 Å². The Morgan fingerprint density at radius 1 is 0.912 bits per heavy atom. The quantitative estimate of drug-likeness (QED) is 0.0615. The number of carbonyl (C=O) groups excluding carboxylic acids is 2. The summed E-state index contributed by atoms with van der Waals surface area (Å²) in [5.74, 6) is -2.41. The number of hydrogen-bond acceptors (Lipinski definition) is 12. The molecule has 2 amide bonds. The number of nitrogens with zero attached hydrogens (tertiary/aromatic N) is 6. The van der Waals surface area contributed by atoms with Crippen molar-refractivity contribution in [3.05, 3.63) is 93.2 Å². The minimum Gasteiger partial charge on any atom is -0.492 e. The van der Waals surface area contributed by atoms with Crippen LogP contribution >= 0.6 is 23.1 Å². The molecule has 350 valence electrons. The van der Waals surface area contributed by atoms with Crippen molar-refractivity contribution in [2.24, 2.45) is 0 Å². The first-order chi connectivity index (χ1) is 32.3. The molecule has 2 aromatic heterocycles. The molecule has 3 aliphatic rings. The number of aryl methyl sites for hydroxylation is 2. The molecule has 6 radical (unpaired) electrons. The van der Waals surface area contributed by atoms with E-state index in [1.54, 1.807) is 19.5 Å². The van der Waals surface area contributed by atoms with Gasteiger partial charge in [-0.25, -0.2) is 13.8 Å². The van der Waals surface area contributed by atoms with Crippen LogP contribution in [0.15, 0.2) is 59.2 Å².